The van der Waals surface area contributed by atoms with Crippen molar-refractivity contribution in [1.29, 1.82) is 0 Å². The fourth-order valence-electron chi connectivity index (χ4n) is 3.59. The topological polar surface area (TPSA) is 119 Å². The number of amides is 1. The lowest BCUT2D eigenvalue weighted by atomic mass is 10.1. The van der Waals surface area contributed by atoms with E-state index in [-0.39, 0.29) is 34.0 Å². The van der Waals surface area contributed by atoms with E-state index in [2.05, 4.69) is 15.4 Å². The molecule has 34 heavy (non-hydrogen) atoms. The summed E-state index contributed by atoms with van der Waals surface area (Å²) in [6.07, 6.45) is 0.348. The Morgan fingerprint density at radius 3 is 2.38 bits per heavy atom. The van der Waals surface area contributed by atoms with Crippen LogP contribution in [0.15, 0.2) is 41.2 Å². The summed E-state index contributed by atoms with van der Waals surface area (Å²) in [6, 6.07) is 10.3. The number of aromatic amines is 1. The fraction of sp³-hybridized carbons (Fsp3) is 0.217. The average Bonchev–Trinajstić information content (AvgIpc) is 3.14. The number of nitrogens with two attached hydrogens (primary N) is 1. The number of hydrogen-bond donors (Lipinski definition) is 3. The molecule has 0 saturated carbocycles. The summed E-state index contributed by atoms with van der Waals surface area (Å²) in [7, 11) is 0. The number of nitrogens with zero attached hydrogens (tertiary/aromatic N) is 3. The highest BCUT2D eigenvalue weighted by atomic mass is 35.5. The maximum atomic E-state index is 13.1. The number of nitrogens with one attached hydrogen (secondary N) is 2. The smallest absolute Gasteiger partial charge is 0.262 e. The Morgan fingerprint density at radius 1 is 1.15 bits per heavy atom. The van der Waals surface area contributed by atoms with Gasteiger partial charge in [0.15, 0.2) is 5.65 Å². The van der Waals surface area contributed by atoms with Gasteiger partial charge in [0.05, 0.1) is 22.3 Å². The minimum atomic E-state index is -0.303. The van der Waals surface area contributed by atoms with E-state index in [9.17, 15) is 9.59 Å². The normalized spacial score (nSPS) is 11.4. The quantitative estimate of drug-likeness (QED) is 0.342. The Kier molecular flexibility index (Phi) is 6.95. The van der Waals surface area contributed by atoms with Gasteiger partial charge in [-0.3, -0.25) is 9.59 Å². The van der Waals surface area contributed by atoms with E-state index in [4.69, 9.17) is 45.5 Å². The summed E-state index contributed by atoms with van der Waals surface area (Å²) in [5.74, 6) is 0.116. The van der Waals surface area contributed by atoms with Gasteiger partial charge in [-0.2, -0.15) is 5.10 Å². The third kappa shape index (κ3) is 4.81. The zero-order valence-electron chi connectivity index (χ0n) is 18.3. The number of aromatic nitrogens is 4. The molecule has 0 atom stereocenters. The highest BCUT2D eigenvalue weighted by molar-refractivity contribution is 6.40. The van der Waals surface area contributed by atoms with Gasteiger partial charge in [-0.05, 0) is 35.7 Å². The molecule has 0 saturated heterocycles. The first-order chi connectivity index (χ1) is 16.2. The van der Waals surface area contributed by atoms with Gasteiger partial charge in [0, 0.05) is 17.1 Å². The molecule has 0 aliphatic heterocycles. The zero-order chi connectivity index (χ0) is 24.6. The second kappa shape index (κ2) is 9.76. The fourth-order valence-corrected chi connectivity index (χ4v) is 4.57. The maximum Gasteiger partial charge on any atom is 0.262 e. The Labute approximate surface area is 210 Å². The molecular weight excluding hydrogens is 499 g/mol. The van der Waals surface area contributed by atoms with Crippen molar-refractivity contribution in [3.05, 3.63) is 78.9 Å². The summed E-state index contributed by atoms with van der Waals surface area (Å²) in [6.45, 7) is 3.78. The number of H-pyrrole nitrogens is 1. The van der Waals surface area contributed by atoms with Crippen LogP contribution in [0.1, 0.15) is 36.8 Å². The SMILES string of the molecule is CC(C)c1nn(-c2c(Cl)cc(Cl)cc2Cl)c2nc(Cc3ccc(NC(=O)CN)cc3)[nH]c(=O)c12. The van der Waals surface area contributed by atoms with Crippen LogP contribution in [0.3, 0.4) is 0 Å². The lowest BCUT2D eigenvalue weighted by Gasteiger charge is -2.09. The molecule has 0 radical (unpaired) electrons. The van der Waals surface area contributed by atoms with E-state index in [0.29, 0.717) is 45.4 Å². The molecular formula is C23H21Cl3N6O2. The van der Waals surface area contributed by atoms with Crippen LogP contribution in [-0.2, 0) is 11.2 Å². The molecule has 2 aromatic heterocycles. The van der Waals surface area contributed by atoms with Gasteiger partial charge in [0.1, 0.15) is 16.9 Å². The summed E-state index contributed by atoms with van der Waals surface area (Å²) < 4.78 is 1.50. The van der Waals surface area contributed by atoms with Gasteiger partial charge in [-0.25, -0.2) is 9.67 Å². The predicted octanol–water partition coefficient (Wildman–Crippen LogP) is 4.68. The van der Waals surface area contributed by atoms with Crippen molar-refractivity contribution in [1.82, 2.24) is 19.7 Å². The number of halogens is 3. The molecule has 176 valence electrons. The van der Waals surface area contributed by atoms with Crippen LogP contribution in [0.4, 0.5) is 5.69 Å². The summed E-state index contributed by atoms with van der Waals surface area (Å²) >= 11 is 19.0. The van der Waals surface area contributed by atoms with Gasteiger partial charge in [-0.15, -0.1) is 0 Å². The Bertz CT molecular complexity index is 1420. The molecule has 0 aliphatic carbocycles. The van der Waals surface area contributed by atoms with Gasteiger partial charge in [0.2, 0.25) is 5.91 Å². The van der Waals surface area contributed by atoms with E-state index in [0.717, 1.165) is 5.56 Å². The monoisotopic (exact) mass is 518 g/mol. The molecule has 0 aliphatic rings. The number of fused-ring (bicyclic) bond motifs is 1. The minimum absolute atomic E-state index is 0.0429. The van der Waals surface area contributed by atoms with Crippen molar-refractivity contribution in [2.75, 3.05) is 11.9 Å². The number of rotatable bonds is 6. The van der Waals surface area contributed by atoms with E-state index >= 15 is 0 Å². The standard InChI is InChI=1S/C23H21Cl3N6O2/c1-11(2)20-19-22(32(31-20)21-15(25)8-13(24)9-16(21)26)29-17(30-23(19)34)7-12-3-5-14(6-4-12)28-18(33)10-27/h3-6,8-9,11H,7,10,27H2,1-2H3,(H,28,33)(H,29,30,34). The Balaban J connectivity index is 1.80. The molecule has 0 unspecified atom stereocenters. The van der Waals surface area contributed by atoms with Gasteiger partial charge < -0.3 is 16.0 Å². The van der Waals surface area contributed by atoms with Crippen molar-refractivity contribution < 1.29 is 4.79 Å². The largest absolute Gasteiger partial charge is 0.325 e. The number of anilines is 1. The molecule has 4 rings (SSSR count). The van der Waals surface area contributed by atoms with Crippen LogP contribution in [-0.4, -0.2) is 32.2 Å². The predicted molar refractivity (Wildman–Crippen MR) is 136 cm³/mol. The summed E-state index contributed by atoms with van der Waals surface area (Å²) in [4.78, 5) is 32.1. The first-order valence-corrected chi connectivity index (χ1v) is 11.6. The number of carbonyl (C=O) groups excluding carboxylic acids is 1. The van der Waals surface area contributed by atoms with Crippen molar-refractivity contribution in [3.8, 4) is 5.69 Å². The second-order valence-electron chi connectivity index (χ2n) is 8.01. The van der Waals surface area contributed by atoms with E-state index in [1.165, 1.54) is 4.68 Å². The first-order valence-electron chi connectivity index (χ1n) is 10.4. The number of hydrogen-bond acceptors (Lipinski definition) is 5. The zero-order valence-corrected chi connectivity index (χ0v) is 20.6. The molecule has 0 fully saturated rings. The molecule has 4 N–H and O–H groups in total. The number of benzene rings is 2. The van der Waals surface area contributed by atoms with Crippen LogP contribution in [0.25, 0.3) is 16.7 Å². The Hall–Kier alpha value is -2.91. The van der Waals surface area contributed by atoms with Crippen molar-refractivity contribution in [3.63, 3.8) is 0 Å². The molecule has 0 spiro atoms. The first kappa shape index (κ1) is 24.2. The molecule has 0 bridgehead atoms. The van der Waals surface area contributed by atoms with Crippen LogP contribution in [0, 0.1) is 0 Å². The third-order valence-corrected chi connectivity index (χ3v) is 5.94. The van der Waals surface area contributed by atoms with E-state index in [1.54, 1.807) is 24.3 Å². The molecule has 11 heteroatoms. The maximum absolute atomic E-state index is 13.1. The van der Waals surface area contributed by atoms with Crippen LogP contribution >= 0.6 is 34.8 Å². The Morgan fingerprint density at radius 2 is 1.79 bits per heavy atom. The molecule has 2 heterocycles. The average molecular weight is 520 g/mol. The lowest BCUT2D eigenvalue weighted by molar-refractivity contribution is -0.114. The van der Waals surface area contributed by atoms with E-state index < -0.39 is 0 Å². The second-order valence-corrected chi connectivity index (χ2v) is 9.26. The van der Waals surface area contributed by atoms with Crippen molar-refractivity contribution >= 4 is 57.4 Å². The van der Waals surface area contributed by atoms with Crippen molar-refractivity contribution in [2.45, 2.75) is 26.2 Å². The number of carbonyl (C=O) groups is 1. The van der Waals surface area contributed by atoms with Crippen LogP contribution in [0.5, 0.6) is 0 Å². The van der Waals surface area contributed by atoms with Gasteiger partial charge in [0.25, 0.3) is 5.56 Å². The highest BCUT2D eigenvalue weighted by Gasteiger charge is 2.23. The third-order valence-electron chi connectivity index (χ3n) is 5.15. The molecule has 8 nitrogen and oxygen atoms in total. The van der Waals surface area contributed by atoms with Gasteiger partial charge in [-0.1, -0.05) is 60.8 Å². The van der Waals surface area contributed by atoms with Crippen LogP contribution in [0.2, 0.25) is 15.1 Å². The highest BCUT2D eigenvalue weighted by Crippen LogP contribution is 2.34. The minimum Gasteiger partial charge on any atom is -0.325 e. The van der Waals surface area contributed by atoms with Crippen LogP contribution < -0.4 is 16.6 Å². The molecule has 4 aromatic rings. The molecule has 2 aromatic carbocycles. The van der Waals surface area contributed by atoms with Gasteiger partial charge >= 0.3 is 0 Å². The van der Waals surface area contributed by atoms with E-state index in [1.807, 2.05) is 26.0 Å². The lowest BCUT2D eigenvalue weighted by Crippen LogP contribution is -2.21. The summed E-state index contributed by atoms with van der Waals surface area (Å²) in [5.41, 5.74) is 7.86. The summed E-state index contributed by atoms with van der Waals surface area (Å²) in [5, 5.41) is 8.66. The van der Waals surface area contributed by atoms with Crippen molar-refractivity contribution in [2.24, 2.45) is 5.73 Å². The molecule has 1 amide bonds.